The van der Waals surface area contributed by atoms with Crippen molar-refractivity contribution in [1.82, 2.24) is 14.8 Å². The number of hydrogen-bond acceptors (Lipinski definition) is 9. The molecule has 0 fully saturated rings. The van der Waals surface area contributed by atoms with Crippen LogP contribution in [0.25, 0.3) is 11.0 Å². The third kappa shape index (κ3) is 5.69. The van der Waals surface area contributed by atoms with Crippen LogP contribution in [0.5, 0.6) is 17.2 Å². The number of nitrogens with two attached hydrogens (primary N) is 1. The molecule has 0 saturated heterocycles. The van der Waals surface area contributed by atoms with Gasteiger partial charge in [0.15, 0.2) is 28.8 Å². The van der Waals surface area contributed by atoms with Gasteiger partial charge in [-0.3, -0.25) is 4.99 Å². The topological polar surface area (TPSA) is 121 Å². The molecule has 0 aliphatic heterocycles. The largest absolute Gasteiger partial charge is 0.497 e. The fourth-order valence-corrected chi connectivity index (χ4v) is 3.99. The fraction of sp³-hybridized carbons (Fsp3) is 0.222. The maximum Gasteiger partial charge on any atom is 0.191 e. The van der Waals surface area contributed by atoms with Crippen molar-refractivity contribution in [2.75, 3.05) is 39.0 Å². The van der Waals surface area contributed by atoms with Crippen LogP contribution in [0.15, 0.2) is 59.6 Å². The molecule has 39 heavy (non-hydrogen) atoms. The second-order valence-corrected chi connectivity index (χ2v) is 8.32. The van der Waals surface area contributed by atoms with Gasteiger partial charge in [0, 0.05) is 43.8 Å². The van der Waals surface area contributed by atoms with Crippen LogP contribution < -0.4 is 30.6 Å². The van der Waals surface area contributed by atoms with Crippen molar-refractivity contribution >= 4 is 28.6 Å². The van der Waals surface area contributed by atoms with E-state index in [4.69, 9.17) is 19.9 Å². The molecule has 0 unspecified atom stereocenters. The highest BCUT2D eigenvalue weighted by Gasteiger charge is 2.21. The van der Waals surface area contributed by atoms with Gasteiger partial charge in [-0.1, -0.05) is 12.1 Å². The molecule has 2 aromatic carbocycles. The molecule has 0 saturated carbocycles. The lowest BCUT2D eigenvalue weighted by Crippen LogP contribution is -2.11. The van der Waals surface area contributed by atoms with Gasteiger partial charge >= 0.3 is 0 Å². The molecule has 12 heteroatoms. The Morgan fingerprint density at radius 1 is 1.03 bits per heavy atom. The average molecular weight is 538 g/mol. The first-order valence-corrected chi connectivity index (χ1v) is 11.8. The molecule has 0 radical (unpaired) electrons. The van der Waals surface area contributed by atoms with E-state index in [9.17, 15) is 8.78 Å². The molecule has 0 atom stereocenters. The van der Waals surface area contributed by atoms with E-state index in [1.807, 2.05) is 24.3 Å². The van der Waals surface area contributed by atoms with Crippen molar-refractivity contribution in [3.05, 3.63) is 77.4 Å². The van der Waals surface area contributed by atoms with E-state index >= 15 is 0 Å². The Morgan fingerprint density at radius 2 is 1.72 bits per heavy atom. The van der Waals surface area contributed by atoms with Crippen LogP contribution in [-0.4, -0.2) is 49.4 Å². The summed E-state index contributed by atoms with van der Waals surface area (Å²) in [5.74, 6) is -1.32. The van der Waals surface area contributed by atoms with Gasteiger partial charge in [0.1, 0.15) is 11.4 Å². The van der Waals surface area contributed by atoms with Gasteiger partial charge in [-0.25, -0.2) is 18.4 Å². The average Bonchev–Trinajstić information content (AvgIpc) is 3.36. The van der Waals surface area contributed by atoms with Gasteiger partial charge in [0.05, 0.1) is 50.8 Å². The van der Waals surface area contributed by atoms with E-state index in [0.29, 0.717) is 34.5 Å². The van der Waals surface area contributed by atoms with Crippen molar-refractivity contribution in [3.63, 3.8) is 0 Å². The Morgan fingerprint density at radius 3 is 2.31 bits per heavy atom. The number of allylic oxidation sites excluding steroid dienone is 1. The number of nitrogens with zero attached hydrogens (tertiary/aromatic N) is 4. The second-order valence-electron chi connectivity index (χ2n) is 8.32. The van der Waals surface area contributed by atoms with Gasteiger partial charge in [0.25, 0.3) is 0 Å². The molecule has 4 rings (SSSR count). The Bertz CT molecular complexity index is 1490. The highest BCUT2D eigenvalue weighted by Crippen LogP contribution is 2.36. The second kappa shape index (κ2) is 12.1. The summed E-state index contributed by atoms with van der Waals surface area (Å²) in [6, 6.07) is 8.79. The molecule has 0 aliphatic carbocycles. The van der Waals surface area contributed by atoms with E-state index in [2.05, 4.69) is 25.7 Å². The number of hydrogen-bond donors (Lipinski definition) is 3. The lowest BCUT2D eigenvalue weighted by molar-refractivity contribution is 0.360. The molecular formula is C27H29F2N7O3. The van der Waals surface area contributed by atoms with Gasteiger partial charge in [-0.05, 0) is 17.7 Å². The predicted molar refractivity (Wildman–Crippen MR) is 147 cm³/mol. The van der Waals surface area contributed by atoms with E-state index in [-0.39, 0.29) is 18.0 Å². The van der Waals surface area contributed by atoms with Crippen LogP contribution in [-0.2, 0) is 13.1 Å². The van der Waals surface area contributed by atoms with E-state index in [1.54, 1.807) is 37.4 Å². The minimum Gasteiger partial charge on any atom is -0.497 e. The first-order valence-electron chi connectivity index (χ1n) is 11.8. The van der Waals surface area contributed by atoms with Gasteiger partial charge in [0.2, 0.25) is 0 Å². The molecule has 0 aliphatic rings. The fourth-order valence-electron chi connectivity index (χ4n) is 3.99. The van der Waals surface area contributed by atoms with Crippen LogP contribution in [0.1, 0.15) is 11.1 Å². The number of rotatable bonds is 11. The minimum atomic E-state index is -0.882. The summed E-state index contributed by atoms with van der Waals surface area (Å²) in [7, 11) is 5.81. The number of aromatic nitrogens is 3. The Kier molecular flexibility index (Phi) is 8.44. The van der Waals surface area contributed by atoms with Crippen molar-refractivity contribution in [3.8, 4) is 17.2 Å². The third-order valence-corrected chi connectivity index (χ3v) is 5.98. The van der Waals surface area contributed by atoms with Crippen LogP contribution in [0, 0.1) is 11.6 Å². The predicted octanol–water partition coefficient (Wildman–Crippen LogP) is 4.31. The number of methoxy groups -OCH3 is 3. The summed E-state index contributed by atoms with van der Waals surface area (Å²) in [5.41, 5.74) is 8.70. The minimum absolute atomic E-state index is 0.000213. The molecule has 2 heterocycles. The highest BCUT2D eigenvalue weighted by atomic mass is 19.1. The summed E-state index contributed by atoms with van der Waals surface area (Å²) in [6.45, 7) is 0.466. The standard InChI is InChI=1S/C27H29F2N7O3/c1-31-13-18(10-30)35-25-17(11-32-26-23(28)21(38-3)9-22(39-4)24(26)29)12-33-27-20(25)14-34-36(27)15-16-5-7-19(37-2)8-6-16/h5-10,12-14,32H,11,15,30H2,1-4H3,(H,33,35)/b18-10+,31-13?. The molecule has 0 spiro atoms. The van der Waals surface area contributed by atoms with Gasteiger partial charge < -0.3 is 30.6 Å². The first-order chi connectivity index (χ1) is 18.9. The molecule has 0 amide bonds. The molecular weight excluding hydrogens is 508 g/mol. The summed E-state index contributed by atoms with van der Waals surface area (Å²) < 4.78 is 47.0. The number of aliphatic imine (C=N–C) groups is 1. The maximum atomic E-state index is 15.0. The van der Waals surface area contributed by atoms with E-state index in [1.165, 1.54) is 20.4 Å². The lowest BCUT2D eigenvalue weighted by Gasteiger charge is -2.17. The highest BCUT2D eigenvalue weighted by molar-refractivity contribution is 5.95. The van der Waals surface area contributed by atoms with Crippen LogP contribution in [0.3, 0.4) is 0 Å². The molecule has 4 aromatic rings. The Balaban J connectivity index is 1.73. The number of pyridine rings is 1. The maximum absolute atomic E-state index is 15.0. The zero-order valence-corrected chi connectivity index (χ0v) is 22.0. The summed E-state index contributed by atoms with van der Waals surface area (Å²) in [4.78, 5) is 8.63. The Hall–Kier alpha value is -4.87. The van der Waals surface area contributed by atoms with Crippen LogP contribution in [0.4, 0.5) is 20.2 Å². The van der Waals surface area contributed by atoms with Crippen LogP contribution >= 0.6 is 0 Å². The van der Waals surface area contributed by atoms with Crippen molar-refractivity contribution in [2.45, 2.75) is 13.1 Å². The number of ether oxygens (including phenoxy) is 3. The summed E-state index contributed by atoms with van der Waals surface area (Å²) in [6.07, 6.45) is 6.20. The van der Waals surface area contributed by atoms with Crippen molar-refractivity contribution < 1.29 is 23.0 Å². The molecule has 10 nitrogen and oxygen atoms in total. The van der Waals surface area contributed by atoms with Crippen LogP contribution in [0.2, 0.25) is 0 Å². The monoisotopic (exact) mass is 537 g/mol. The quantitative estimate of drug-likeness (QED) is 0.242. The zero-order chi connectivity index (χ0) is 27.9. The molecule has 2 aromatic heterocycles. The number of benzene rings is 2. The molecule has 4 N–H and O–H groups in total. The Labute approximate surface area is 224 Å². The SMILES string of the molecule is CN=C/C(=C\N)Nc1c(CNc2c(F)c(OC)cc(OC)c2F)cnc2c1cnn2Cc1ccc(OC)cc1. The normalized spacial score (nSPS) is 11.7. The number of halogens is 2. The first kappa shape index (κ1) is 27.2. The summed E-state index contributed by atoms with van der Waals surface area (Å²) in [5, 5.41) is 11.3. The number of fused-ring (bicyclic) bond motifs is 1. The van der Waals surface area contributed by atoms with Crippen molar-refractivity contribution in [1.29, 1.82) is 0 Å². The van der Waals surface area contributed by atoms with Crippen molar-refractivity contribution in [2.24, 2.45) is 10.7 Å². The molecule has 204 valence electrons. The zero-order valence-electron chi connectivity index (χ0n) is 22.0. The number of nitrogens with one attached hydrogen (secondary N) is 2. The van der Waals surface area contributed by atoms with E-state index < -0.39 is 17.3 Å². The van der Waals surface area contributed by atoms with Gasteiger partial charge in [-0.2, -0.15) is 5.10 Å². The summed E-state index contributed by atoms with van der Waals surface area (Å²) >= 11 is 0. The smallest absolute Gasteiger partial charge is 0.191 e. The third-order valence-electron chi connectivity index (χ3n) is 5.98. The van der Waals surface area contributed by atoms with E-state index in [0.717, 1.165) is 17.4 Å². The number of anilines is 2. The lowest BCUT2D eigenvalue weighted by atomic mass is 10.1. The van der Waals surface area contributed by atoms with Gasteiger partial charge in [-0.15, -0.1) is 0 Å². The molecule has 0 bridgehead atoms.